The van der Waals surface area contributed by atoms with Crippen LogP contribution in [0.4, 0.5) is 0 Å². The Morgan fingerprint density at radius 2 is 2.07 bits per heavy atom. The Labute approximate surface area is 169 Å². The molecule has 3 rings (SSSR count). The summed E-state index contributed by atoms with van der Waals surface area (Å²) in [4.78, 5) is 32.8. The van der Waals surface area contributed by atoms with Gasteiger partial charge in [0.25, 0.3) is 12.0 Å². The van der Waals surface area contributed by atoms with Crippen LogP contribution in [0.15, 0.2) is 23.0 Å². The standard InChI is InChI=1S/C17H25N3O5S.CH2O2/c1-3-25-11-16(21)18-8-15-13-7-12(9-19(10-13)26(2,23)24)14-5-4-6-17(22)20(14)15;2-1-3/h4-6,12-13,15H,3,7-11H2,1-2H3,(H,18,21);1H,(H,2,3)/t12-,13+,15+;/m1./s1. The predicted octanol–water partition coefficient (Wildman–Crippen LogP) is -0.378. The van der Waals surface area contributed by atoms with Gasteiger partial charge < -0.3 is 19.7 Å². The normalized spacial score (nSPS) is 23.3. The van der Waals surface area contributed by atoms with Crippen LogP contribution in [0.25, 0.3) is 0 Å². The Balaban J connectivity index is 0.000000941. The number of piperidine rings is 1. The Bertz CT molecular complexity index is 884. The quantitative estimate of drug-likeness (QED) is 0.589. The second kappa shape index (κ2) is 9.99. The van der Waals surface area contributed by atoms with Gasteiger partial charge in [0, 0.05) is 43.9 Å². The first kappa shape index (κ1) is 23.0. The van der Waals surface area contributed by atoms with Crippen molar-refractivity contribution in [1.29, 1.82) is 0 Å². The Morgan fingerprint density at radius 3 is 2.69 bits per heavy atom. The van der Waals surface area contributed by atoms with Gasteiger partial charge in [0.1, 0.15) is 6.61 Å². The summed E-state index contributed by atoms with van der Waals surface area (Å²) < 4.78 is 32.4. The van der Waals surface area contributed by atoms with Gasteiger partial charge in [-0.2, -0.15) is 0 Å². The van der Waals surface area contributed by atoms with Gasteiger partial charge in [0.2, 0.25) is 15.9 Å². The molecule has 1 amide bonds. The molecule has 3 heterocycles. The maximum absolute atomic E-state index is 12.5. The van der Waals surface area contributed by atoms with Crippen LogP contribution >= 0.6 is 0 Å². The first-order chi connectivity index (χ1) is 13.7. The number of hydrogen-bond acceptors (Lipinski definition) is 6. The van der Waals surface area contributed by atoms with Crippen LogP contribution in [-0.2, 0) is 24.3 Å². The van der Waals surface area contributed by atoms with Crippen LogP contribution in [0.2, 0.25) is 0 Å². The number of amides is 1. The number of fused-ring (bicyclic) bond motifs is 4. The van der Waals surface area contributed by atoms with Gasteiger partial charge >= 0.3 is 0 Å². The highest BCUT2D eigenvalue weighted by Gasteiger charge is 2.42. The number of ether oxygens (including phenoxy) is 1. The highest BCUT2D eigenvalue weighted by atomic mass is 32.2. The van der Waals surface area contributed by atoms with E-state index in [2.05, 4.69) is 5.32 Å². The van der Waals surface area contributed by atoms with Gasteiger partial charge in [-0.3, -0.25) is 14.4 Å². The van der Waals surface area contributed by atoms with E-state index in [-0.39, 0.29) is 49.0 Å². The van der Waals surface area contributed by atoms with Crippen LogP contribution in [0.1, 0.15) is 31.0 Å². The first-order valence-corrected chi connectivity index (χ1v) is 11.2. The smallest absolute Gasteiger partial charge is 0.290 e. The minimum atomic E-state index is -3.31. The average molecular weight is 429 g/mol. The van der Waals surface area contributed by atoms with Crippen molar-refractivity contribution in [2.45, 2.75) is 25.3 Å². The van der Waals surface area contributed by atoms with Crippen molar-refractivity contribution in [3.8, 4) is 0 Å². The minimum Gasteiger partial charge on any atom is -0.483 e. The lowest BCUT2D eigenvalue weighted by molar-refractivity contribution is -0.126. The molecule has 2 bridgehead atoms. The molecule has 29 heavy (non-hydrogen) atoms. The molecule has 1 fully saturated rings. The van der Waals surface area contributed by atoms with E-state index in [4.69, 9.17) is 14.6 Å². The third-order valence-corrected chi connectivity index (χ3v) is 6.42. The van der Waals surface area contributed by atoms with E-state index < -0.39 is 10.0 Å². The van der Waals surface area contributed by atoms with E-state index in [1.807, 2.05) is 13.0 Å². The van der Waals surface area contributed by atoms with Crippen LogP contribution in [0.3, 0.4) is 0 Å². The van der Waals surface area contributed by atoms with Gasteiger partial charge in [-0.15, -0.1) is 0 Å². The average Bonchev–Trinajstić information content (AvgIpc) is 2.66. The number of carboxylic acid groups (broad SMARTS) is 1. The molecule has 1 saturated heterocycles. The molecule has 0 radical (unpaired) electrons. The number of nitrogens with zero attached hydrogens (tertiary/aromatic N) is 2. The molecule has 1 aromatic heterocycles. The van der Waals surface area contributed by atoms with Crippen molar-refractivity contribution < 1.29 is 27.9 Å². The van der Waals surface area contributed by atoms with Crippen molar-refractivity contribution in [3.63, 3.8) is 0 Å². The summed E-state index contributed by atoms with van der Waals surface area (Å²) in [6.07, 6.45) is 2.02. The second-order valence-electron chi connectivity index (χ2n) is 7.05. The van der Waals surface area contributed by atoms with Gasteiger partial charge in [-0.05, 0) is 25.3 Å². The summed E-state index contributed by atoms with van der Waals surface area (Å²) >= 11 is 0. The van der Waals surface area contributed by atoms with Crippen molar-refractivity contribution >= 4 is 22.4 Å². The fourth-order valence-corrected chi connectivity index (χ4v) is 4.91. The molecule has 2 N–H and O–H groups in total. The summed E-state index contributed by atoms with van der Waals surface area (Å²) in [5, 5.41) is 9.71. The zero-order valence-electron chi connectivity index (χ0n) is 16.5. The molecule has 0 unspecified atom stereocenters. The lowest BCUT2D eigenvalue weighted by Gasteiger charge is -2.46. The molecular formula is C18H27N3O7S. The summed E-state index contributed by atoms with van der Waals surface area (Å²) in [5.74, 6) is -0.272. The summed E-state index contributed by atoms with van der Waals surface area (Å²) in [5.41, 5.74) is 0.722. The fraction of sp³-hybridized carbons (Fsp3) is 0.611. The largest absolute Gasteiger partial charge is 0.483 e. The summed E-state index contributed by atoms with van der Waals surface area (Å²) in [6.45, 7) is 3.02. The highest BCUT2D eigenvalue weighted by Crippen LogP contribution is 2.41. The molecule has 2 aliphatic heterocycles. The number of carbonyl (C=O) groups is 2. The number of sulfonamides is 1. The van der Waals surface area contributed by atoms with E-state index in [0.717, 1.165) is 12.1 Å². The lowest BCUT2D eigenvalue weighted by atomic mass is 9.79. The number of hydrogen-bond donors (Lipinski definition) is 2. The molecule has 0 spiro atoms. The van der Waals surface area contributed by atoms with Crippen LogP contribution in [0.5, 0.6) is 0 Å². The molecule has 11 heteroatoms. The number of rotatable bonds is 6. The van der Waals surface area contributed by atoms with Crippen LogP contribution < -0.4 is 10.9 Å². The van der Waals surface area contributed by atoms with Crippen LogP contribution in [-0.4, -0.2) is 73.9 Å². The van der Waals surface area contributed by atoms with Gasteiger partial charge in [-0.1, -0.05) is 6.07 Å². The zero-order valence-corrected chi connectivity index (χ0v) is 17.3. The number of nitrogens with one attached hydrogen (secondary N) is 1. The number of pyridine rings is 1. The molecular weight excluding hydrogens is 402 g/mol. The maximum Gasteiger partial charge on any atom is 0.290 e. The molecule has 0 aromatic carbocycles. The van der Waals surface area contributed by atoms with Crippen molar-refractivity contribution in [3.05, 3.63) is 34.2 Å². The monoisotopic (exact) mass is 429 g/mol. The van der Waals surface area contributed by atoms with Gasteiger partial charge in [0.15, 0.2) is 0 Å². The fourth-order valence-electron chi connectivity index (χ4n) is 4.00. The predicted molar refractivity (Wildman–Crippen MR) is 105 cm³/mol. The molecule has 162 valence electrons. The number of carbonyl (C=O) groups excluding carboxylic acids is 1. The Kier molecular flexibility index (Phi) is 7.94. The third-order valence-electron chi connectivity index (χ3n) is 5.18. The molecule has 2 aliphatic rings. The Morgan fingerprint density at radius 1 is 1.38 bits per heavy atom. The van der Waals surface area contributed by atoms with Gasteiger partial charge in [0.05, 0.1) is 12.3 Å². The topological polar surface area (TPSA) is 135 Å². The van der Waals surface area contributed by atoms with E-state index in [0.29, 0.717) is 19.7 Å². The van der Waals surface area contributed by atoms with E-state index in [1.165, 1.54) is 16.6 Å². The number of aromatic nitrogens is 1. The van der Waals surface area contributed by atoms with Crippen LogP contribution in [0, 0.1) is 5.92 Å². The second-order valence-corrected chi connectivity index (χ2v) is 9.03. The zero-order chi connectivity index (χ0) is 21.6. The van der Waals surface area contributed by atoms with E-state index in [9.17, 15) is 18.0 Å². The third kappa shape index (κ3) is 5.64. The van der Waals surface area contributed by atoms with Gasteiger partial charge in [-0.25, -0.2) is 12.7 Å². The molecule has 3 atom stereocenters. The van der Waals surface area contributed by atoms with Crippen molar-refractivity contribution in [2.75, 3.05) is 39.1 Å². The molecule has 0 aliphatic carbocycles. The minimum absolute atomic E-state index is 0.00671. The molecule has 1 aromatic rings. The molecule has 0 saturated carbocycles. The first-order valence-electron chi connectivity index (χ1n) is 9.31. The lowest BCUT2D eigenvalue weighted by Crippen LogP contribution is -2.53. The summed E-state index contributed by atoms with van der Waals surface area (Å²) in [6, 6.07) is 4.82. The maximum atomic E-state index is 12.5. The van der Waals surface area contributed by atoms with E-state index in [1.54, 1.807) is 10.6 Å². The van der Waals surface area contributed by atoms with E-state index >= 15 is 0 Å². The molecule has 10 nitrogen and oxygen atoms in total. The SMILES string of the molecule is CCOCC(=O)NC[C@H]1[C@H]2C[C@H](CN(S(C)(=O)=O)C2)c2cccc(=O)n21.O=CO. The Hall–Kier alpha value is -2.24. The highest BCUT2D eigenvalue weighted by molar-refractivity contribution is 7.88. The van der Waals surface area contributed by atoms with Crippen molar-refractivity contribution in [2.24, 2.45) is 5.92 Å². The summed E-state index contributed by atoms with van der Waals surface area (Å²) in [7, 11) is -3.31. The van der Waals surface area contributed by atoms with Crippen molar-refractivity contribution in [1.82, 2.24) is 14.2 Å².